The van der Waals surface area contributed by atoms with E-state index < -0.39 is 0 Å². The van der Waals surface area contributed by atoms with Crippen molar-refractivity contribution in [1.29, 1.82) is 0 Å². The molecule has 12 heavy (non-hydrogen) atoms. The molecule has 0 aliphatic carbocycles. The summed E-state index contributed by atoms with van der Waals surface area (Å²) in [5.41, 5.74) is 1.23. The van der Waals surface area contributed by atoms with Gasteiger partial charge in [-0.1, -0.05) is 36.4 Å². The second-order valence-corrected chi connectivity index (χ2v) is 2.31. The van der Waals surface area contributed by atoms with Crippen LogP contribution in [0.3, 0.4) is 0 Å². The van der Waals surface area contributed by atoms with E-state index in [1.807, 2.05) is 25.2 Å². The van der Waals surface area contributed by atoms with Crippen LogP contribution in [0.25, 0.3) is 11.4 Å². The standard InChI is InChI=1S/C10H12N.Li/c1-11-9-5-8-10-6-3-2-4-7-10;/h2-8H,9H2,1H3;/q-1;+1. The monoisotopic (exact) mass is 153 g/mol. The molecule has 0 atom stereocenters. The molecule has 0 heterocycles. The van der Waals surface area contributed by atoms with Crippen LogP contribution in [0.1, 0.15) is 5.56 Å². The fourth-order valence-electron chi connectivity index (χ4n) is 0.858. The smallest absolute Gasteiger partial charge is 0.662 e. The zero-order chi connectivity index (χ0) is 7.94. The predicted molar refractivity (Wildman–Crippen MR) is 49.6 cm³/mol. The molecule has 0 unspecified atom stereocenters. The van der Waals surface area contributed by atoms with Gasteiger partial charge in [-0.05, 0) is 5.56 Å². The van der Waals surface area contributed by atoms with E-state index in [1.165, 1.54) is 5.56 Å². The number of likely N-dealkylation sites (N-methyl/N-ethyl adjacent to an activating group) is 1. The van der Waals surface area contributed by atoms with E-state index in [0.717, 1.165) is 6.54 Å². The molecule has 0 bridgehead atoms. The number of hydrogen-bond acceptors (Lipinski definition) is 0. The molecule has 0 spiro atoms. The van der Waals surface area contributed by atoms with Crippen molar-refractivity contribution in [3.63, 3.8) is 0 Å². The molecule has 0 saturated carbocycles. The van der Waals surface area contributed by atoms with Gasteiger partial charge in [0, 0.05) is 0 Å². The maximum Gasteiger partial charge on any atom is 1.00 e. The van der Waals surface area contributed by atoms with Crippen LogP contribution < -0.4 is 18.9 Å². The van der Waals surface area contributed by atoms with Crippen LogP contribution in [-0.4, -0.2) is 13.6 Å². The Morgan fingerprint density at radius 2 is 1.92 bits per heavy atom. The van der Waals surface area contributed by atoms with Crippen LogP contribution in [0, 0.1) is 0 Å². The summed E-state index contributed by atoms with van der Waals surface area (Å²) in [5, 5.41) is 3.96. The summed E-state index contributed by atoms with van der Waals surface area (Å²) in [5.74, 6) is 0. The number of nitrogens with zero attached hydrogens (tertiary/aromatic N) is 1. The first-order valence-electron chi connectivity index (χ1n) is 3.70. The van der Waals surface area contributed by atoms with Gasteiger partial charge in [-0.2, -0.15) is 7.05 Å². The van der Waals surface area contributed by atoms with E-state index in [4.69, 9.17) is 0 Å². The average molecular weight is 153 g/mol. The van der Waals surface area contributed by atoms with Crippen LogP contribution in [0.4, 0.5) is 0 Å². The molecule has 0 saturated heterocycles. The van der Waals surface area contributed by atoms with Gasteiger partial charge < -0.3 is 5.32 Å². The third kappa shape index (κ3) is 4.41. The Morgan fingerprint density at radius 3 is 2.50 bits per heavy atom. The Bertz CT molecular complexity index is 219. The first-order chi connectivity index (χ1) is 5.43. The molecule has 1 rings (SSSR count). The number of rotatable bonds is 3. The SMILES string of the molecule is C[N-]CC=Cc1ccccc1.[Li+]. The molecule has 2 heteroatoms. The zero-order valence-corrected chi connectivity index (χ0v) is 7.70. The summed E-state index contributed by atoms with van der Waals surface area (Å²) in [4.78, 5) is 0. The van der Waals surface area contributed by atoms with E-state index in [0.29, 0.717) is 0 Å². The minimum atomic E-state index is 0. The topological polar surface area (TPSA) is 14.1 Å². The summed E-state index contributed by atoms with van der Waals surface area (Å²) in [6, 6.07) is 10.2. The molecule has 0 aliphatic heterocycles. The molecule has 1 aromatic carbocycles. The maximum absolute atomic E-state index is 3.96. The van der Waals surface area contributed by atoms with Gasteiger partial charge in [0.1, 0.15) is 0 Å². The predicted octanol–water partition coefficient (Wildman–Crippen LogP) is -0.293. The van der Waals surface area contributed by atoms with Crippen molar-refractivity contribution >= 4 is 6.08 Å². The summed E-state index contributed by atoms with van der Waals surface area (Å²) in [6.07, 6.45) is 4.13. The fraction of sp³-hybridized carbons (Fsp3) is 0.200. The van der Waals surface area contributed by atoms with Crippen molar-refractivity contribution in [2.24, 2.45) is 0 Å². The maximum atomic E-state index is 3.96. The quantitative estimate of drug-likeness (QED) is 0.530. The van der Waals surface area contributed by atoms with E-state index in [1.54, 1.807) is 0 Å². The van der Waals surface area contributed by atoms with Gasteiger partial charge in [0.25, 0.3) is 0 Å². The van der Waals surface area contributed by atoms with Crippen LogP contribution in [0.15, 0.2) is 36.4 Å². The molecule has 1 aromatic rings. The minimum Gasteiger partial charge on any atom is -0.662 e. The van der Waals surface area contributed by atoms with Crippen LogP contribution in [0.5, 0.6) is 0 Å². The molecule has 0 fully saturated rings. The summed E-state index contributed by atoms with van der Waals surface area (Å²) >= 11 is 0. The fourth-order valence-corrected chi connectivity index (χ4v) is 0.858. The van der Waals surface area contributed by atoms with Crippen molar-refractivity contribution in [3.05, 3.63) is 47.3 Å². The summed E-state index contributed by atoms with van der Waals surface area (Å²) in [7, 11) is 1.81. The van der Waals surface area contributed by atoms with Gasteiger partial charge in [0.05, 0.1) is 0 Å². The third-order valence-electron chi connectivity index (χ3n) is 1.40. The second kappa shape index (κ2) is 7.18. The third-order valence-corrected chi connectivity index (χ3v) is 1.40. The molecule has 0 N–H and O–H groups in total. The van der Waals surface area contributed by atoms with E-state index in [2.05, 4.69) is 29.6 Å². The van der Waals surface area contributed by atoms with Crippen molar-refractivity contribution in [1.82, 2.24) is 0 Å². The first kappa shape index (κ1) is 11.5. The number of hydrogen-bond donors (Lipinski definition) is 0. The molecule has 0 aromatic heterocycles. The summed E-state index contributed by atoms with van der Waals surface area (Å²) < 4.78 is 0. The van der Waals surface area contributed by atoms with Gasteiger partial charge in [-0.25, -0.2) is 0 Å². The molecule has 0 aliphatic rings. The first-order valence-corrected chi connectivity index (χ1v) is 3.70. The largest absolute Gasteiger partial charge is 1.00 e. The minimum absolute atomic E-state index is 0. The van der Waals surface area contributed by atoms with Crippen LogP contribution >= 0.6 is 0 Å². The van der Waals surface area contributed by atoms with Crippen molar-refractivity contribution in [2.75, 3.05) is 13.6 Å². The van der Waals surface area contributed by atoms with Crippen molar-refractivity contribution in [3.8, 4) is 0 Å². The molecule has 0 amide bonds. The second-order valence-electron chi connectivity index (χ2n) is 2.31. The molecule has 0 radical (unpaired) electrons. The van der Waals surface area contributed by atoms with E-state index in [-0.39, 0.29) is 18.9 Å². The molecule has 1 nitrogen and oxygen atoms in total. The van der Waals surface area contributed by atoms with Gasteiger partial charge in [0.15, 0.2) is 0 Å². The van der Waals surface area contributed by atoms with Gasteiger partial charge in [-0.3, -0.25) is 0 Å². The molecular formula is C10H12LiN. The Morgan fingerprint density at radius 1 is 1.25 bits per heavy atom. The van der Waals surface area contributed by atoms with Crippen molar-refractivity contribution in [2.45, 2.75) is 0 Å². The van der Waals surface area contributed by atoms with Gasteiger partial charge in [0.2, 0.25) is 0 Å². The average Bonchev–Trinajstić information content (AvgIpc) is 2.07. The number of benzene rings is 1. The Kier molecular flexibility index (Phi) is 6.89. The normalized spacial score (nSPS) is 9.75. The Hall–Kier alpha value is -0.483. The van der Waals surface area contributed by atoms with Gasteiger partial charge >= 0.3 is 18.9 Å². The van der Waals surface area contributed by atoms with Gasteiger partial charge in [-0.15, -0.1) is 12.6 Å². The van der Waals surface area contributed by atoms with E-state index in [9.17, 15) is 0 Å². The van der Waals surface area contributed by atoms with E-state index >= 15 is 0 Å². The van der Waals surface area contributed by atoms with Crippen LogP contribution in [0.2, 0.25) is 0 Å². The Labute approximate surface area is 86.0 Å². The van der Waals surface area contributed by atoms with Crippen LogP contribution in [-0.2, 0) is 0 Å². The summed E-state index contributed by atoms with van der Waals surface area (Å²) in [6.45, 7) is 0.800. The molecule has 58 valence electrons. The van der Waals surface area contributed by atoms with Crippen molar-refractivity contribution < 1.29 is 18.9 Å². The zero-order valence-electron chi connectivity index (χ0n) is 7.70. The Balaban J connectivity index is 0.00000121. The molecular weight excluding hydrogens is 141 g/mol.